The smallest absolute Gasteiger partial charge is 0.256 e. The Balaban J connectivity index is 1.99. The topological polar surface area (TPSA) is 71.5 Å². The van der Waals surface area contributed by atoms with Crippen molar-refractivity contribution in [3.63, 3.8) is 0 Å². The molecule has 1 aliphatic carbocycles. The zero-order valence-corrected chi connectivity index (χ0v) is 9.77. The van der Waals surface area contributed by atoms with Gasteiger partial charge in [-0.15, -0.1) is 0 Å². The third kappa shape index (κ3) is 2.55. The monoisotopic (exact) mass is 236 g/mol. The first kappa shape index (κ1) is 11.9. The van der Waals surface area contributed by atoms with Crippen molar-refractivity contribution in [2.24, 2.45) is 5.41 Å². The lowest BCUT2D eigenvalue weighted by Crippen LogP contribution is -2.32. The maximum Gasteiger partial charge on any atom is 0.256 e. The number of hydrogen-bond acceptors (Lipinski definition) is 4. The molecule has 0 aromatic carbocycles. The van der Waals surface area contributed by atoms with E-state index in [1.165, 1.54) is 7.11 Å². The van der Waals surface area contributed by atoms with Gasteiger partial charge >= 0.3 is 0 Å². The summed E-state index contributed by atoms with van der Waals surface area (Å²) in [7, 11) is 1.48. The largest absolute Gasteiger partial charge is 0.480 e. The zero-order chi connectivity index (χ0) is 12.3. The maximum absolute atomic E-state index is 11.9. The van der Waals surface area contributed by atoms with E-state index in [0.29, 0.717) is 18.0 Å². The predicted octanol–water partition coefficient (Wildman–Crippen LogP) is 0.592. The summed E-state index contributed by atoms with van der Waals surface area (Å²) in [5.74, 6) is 0.105. The highest BCUT2D eigenvalue weighted by Gasteiger charge is 2.42. The number of nitrogens with one attached hydrogen (secondary N) is 1. The van der Waals surface area contributed by atoms with E-state index in [-0.39, 0.29) is 17.9 Å². The van der Waals surface area contributed by atoms with Crippen LogP contribution in [0, 0.1) is 5.41 Å². The Morgan fingerprint density at radius 1 is 1.65 bits per heavy atom. The molecule has 1 aromatic rings. The van der Waals surface area contributed by atoms with Gasteiger partial charge in [-0.3, -0.25) is 4.79 Å². The predicted molar refractivity (Wildman–Crippen MR) is 61.9 cm³/mol. The average Bonchev–Trinajstić information content (AvgIpc) is 3.16. The fraction of sp³-hybridized carbons (Fsp3) is 0.500. The highest BCUT2D eigenvalue weighted by Crippen LogP contribution is 2.44. The molecule has 1 aliphatic rings. The number of rotatable bonds is 5. The van der Waals surface area contributed by atoms with Crippen molar-refractivity contribution < 1.29 is 14.6 Å². The number of aromatic nitrogens is 1. The van der Waals surface area contributed by atoms with Crippen LogP contribution in [0.1, 0.15) is 23.2 Å². The fourth-order valence-electron chi connectivity index (χ4n) is 1.66. The second kappa shape index (κ2) is 4.71. The first-order valence-electron chi connectivity index (χ1n) is 5.59. The fourth-order valence-corrected chi connectivity index (χ4v) is 1.66. The maximum atomic E-state index is 11.9. The summed E-state index contributed by atoms with van der Waals surface area (Å²) in [4.78, 5) is 15.9. The van der Waals surface area contributed by atoms with Crippen LogP contribution in [-0.4, -0.2) is 36.3 Å². The standard InChI is InChI=1S/C12H16N2O3/c1-17-11-9(3-2-6-13-11)10(16)14-7-12(8-15)4-5-12/h2-3,6,15H,4-5,7-8H2,1H3,(H,14,16). The Morgan fingerprint density at radius 2 is 2.41 bits per heavy atom. The van der Waals surface area contributed by atoms with Crippen LogP contribution < -0.4 is 10.1 Å². The Labute approximate surface area is 99.8 Å². The molecule has 5 heteroatoms. The molecule has 2 rings (SSSR count). The molecule has 1 aromatic heterocycles. The summed E-state index contributed by atoms with van der Waals surface area (Å²) < 4.78 is 5.02. The van der Waals surface area contributed by atoms with Gasteiger partial charge in [0.25, 0.3) is 5.91 Å². The molecule has 0 atom stereocenters. The van der Waals surface area contributed by atoms with Gasteiger partial charge in [0.05, 0.1) is 13.7 Å². The molecule has 0 unspecified atom stereocenters. The van der Waals surface area contributed by atoms with E-state index in [1.54, 1.807) is 18.3 Å². The Morgan fingerprint density at radius 3 is 3.00 bits per heavy atom. The highest BCUT2D eigenvalue weighted by molar-refractivity contribution is 5.96. The summed E-state index contributed by atoms with van der Waals surface area (Å²) >= 11 is 0. The first-order chi connectivity index (χ1) is 8.21. The van der Waals surface area contributed by atoms with Crippen LogP contribution in [0.15, 0.2) is 18.3 Å². The molecular formula is C12H16N2O3. The molecule has 0 bridgehead atoms. The van der Waals surface area contributed by atoms with Gasteiger partial charge in [-0.25, -0.2) is 4.98 Å². The summed E-state index contributed by atoms with van der Waals surface area (Å²) in [6, 6.07) is 3.36. The second-order valence-electron chi connectivity index (χ2n) is 4.40. The number of aliphatic hydroxyl groups is 1. The molecule has 1 fully saturated rings. The number of amides is 1. The van der Waals surface area contributed by atoms with Crippen molar-refractivity contribution in [3.05, 3.63) is 23.9 Å². The number of hydrogen-bond donors (Lipinski definition) is 2. The second-order valence-corrected chi connectivity index (χ2v) is 4.40. The van der Waals surface area contributed by atoms with Gasteiger partial charge in [0.1, 0.15) is 5.56 Å². The Hall–Kier alpha value is -1.62. The molecule has 1 saturated carbocycles. The van der Waals surface area contributed by atoms with Crippen molar-refractivity contribution in [2.45, 2.75) is 12.8 Å². The van der Waals surface area contributed by atoms with Gasteiger partial charge in [0, 0.05) is 18.2 Å². The minimum Gasteiger partial charge on any atom is -0.480 e. The molecule has 17 heavy (non-hydrogen) atoms. The minimum atomic E-state index is -0.213. The molecule has 92 valence electrons. The van der Waals surface area contributed by atoms with E-state index in [0.717, 1.165) is 12.8 Å². The SMILES string of the molecule is COc1ncccc1C(=O)NCC1(CO)CC1. The summed E-state index contributed by atoms with van der Waals surface area (Å²) in [6.07, 6.45) is 3.51. The normalized spacial score (nSPS) is 16.4. The summed E-state index contributed by atoms with van der Waals surface area (Å²) in [6.45, 7) is 0.623. The molecule has 5 nitrogen and oxygen atoms in total. The Bertz CT molecular complexity index is 416. The number of nitrogens with zero attached hydrogens (tertiary/aromatic N) is 1. The number of carbonyl (C=O) groups is 1. The lowest BCUT2D eigenvalue weighted by atomic mass is 10.1. The molecule has 2 N–H and O–H groups in total. The average molecular weight is 236 g/mol. The van der Waals surface area contributed by atoms with Crippen LogP contribution in [0.2, 0.25) is 0 Å². The highest BCUT2D eigenvalue weighted by atomic mass is 16.5. The van der Waals surface area contributed by atoms with E-state index in [2.05, 4.69) is 10.3 Å². The van der Waals surface area contributed by atoms with Gasteiger partial charge in [-0.2, -0.15) is 0 Å². The van der Waals surface area contributed by atoms with Crippen LogP contribution in [-0.2, 0) is 0 Å². The van der Waals surface area contributed by atoms with E-state index >= 15 is 0 Å². The van der Waals surface area contributed by atoms with Crippen molar-refractivity contribution in [1.82, 2.24) is 10.3 Å². The number of ether oxygens (including phenoxy) is 1. The molecule has 0 spiro atoms. The van der Waals surface area contributed by atoms with Crippen molar-refractivity contribution in [2.75, 3.05) is 20.3 Å². The minimum absolute atomic E-state index is 0.0922. The lowest BCUT2D eigenvalue weighted by molar-refractivity contribution is 0.0931. The third-order valence-electron chi connectivity index (χ3n) is 3.13. The number of aliphatic hydroxyl groups excluding tert-OH is 1. The van der Waals surface area contributed by atoms with Crippen LogP contribution in [0.4, 0.5) is 0 Å². The molecule has 0 radical (unpaired) electrons. The van der Waals surface area contributed by atoms with E-state index < -0.39 is 0 Å². The van der Waals surface area contributed by atoms with Crippen LogP contribution in [0.5, 0.6) is 5.88 Å². The van der Waals surface area contributed by atoms with Crippen molar-refractivity contribution in [3.8, 4) is 5.88 Å². The summed E-state index contributed by atoms with van der Waals surface area (Å²) in [5, 5.41) is 12.0. The van der Waals surface area contributed by atoms with Crippen LogP contribution in [0.25, 0.3) is 0 Å². The van der Waals surface area contributed by atoms with Crippen molar-refractivity contribution >= 4 is 5.91 Å². The molecule has 1 amide bonds. The van der Waals surface area contributed by atoms with Crippen LogP contribution in [0.3, 0.4) is 0 Å². The van der Waals surface area contributed by atoms with Crippen molar-refractivity contribution in [1.29, 1.82) is 0 Å². The quantitative estimate of drug-likeness (QED) is 0.785. The molecule has 1 heterocycles. The van der Waals surface area contributed by atoms with E-state index in [4.69, 9.17) is 9.84 Å². The van der Waals surface area contributed by atoms with Gasteiger partial charge in [0.2, 0.25) is 5.88 Å². The van der Waals surface area contributed by atoms with Gasteiger partial charge in [0.15, 0.2) is 0 Å². The molecule has 0 aliphatic heterocycles. The Kier molecular flexibility index (Phi) is 3.28. The van der Waals surface area contributed by atoms with Crippen LogP contribution >= 0.6 is 0 Å². The summed E-state index contributed by atoms with van der Waals surface area (Å²) in [5.41, 5.74) is 0.328. The number of pyridine rings is 1. The van der Waals surface area contributed by atoms with E-state index in [9.17, 15) is 4.79 Å². The van der Waals surface area contributed by atoms with Gasteiger partial charge < -0.3 is 15.2 Å². The number of carbonyl (C=O) groups excluding carboxylic acids is 1. The van der Waals surface area contributed by atoms with Gasteiger partial charge in [-0.1, -0.05) is 0 Å². The first-order valence-corrected chi connectivity index (χ1v) is 5.59. The number of methoxy groups -OCH3 is 1. The van der Waals surface area contributed by atoms with E-state index in [1.807, 2.05) is 0 Å². The zero-order valence-electron chi connectivity index (χ0n) is 9.77. The molecular weight excluding hydrogens is 220 g/mol. The lowest BCUT2D eigenvalue weighted by Gasteiger charge is -2.13. The molecule has 0 saturated heterocycles. The van der Waals surface area contributed by atoms with Gasteiger partial charge in [-0.05, 0) is 25.0 Å². The third-order valence-corrected chi connectivity index (χ3v) is 3.13.